The van der Waals surface area contributed by atoms with Crippen LogP contribution in [0.5, 0.6) is 11.5 Å². The van der Waals surface area contributed by atoms with Gasteiger partial charge in [-0.05, 0) is 48.7 Å². The number of allylic oxidation sites excluding steroid dienone is 1. The van der Waals surface area contributed by atoms with Crippen molar-refractivity contribution < 1.29 is 19.1 Å². The molecule has 138 valence electrons. The first-order chi connectivity index (χ1) is 13.1. The highest BCUT2D eigenvalue weighted by atomic mass is 79.9. The molecule has 2 aromatic carbocycles. The van der Waals surface area contributed by atoms with Crippen molar-refractivity contribution in [2.45, 2.75) is 32.1 Å². The number of benzene rings is 2. The van der Waals surface area contributed by atoms with Gasteiger partial charge in [-0.25, -0.2) is 0 Å². The number of halogens is 1. The van der Waals surface area contributed by atoms with Gasteiger partial charge in [0.05, 0.1) is 11.5 Å². The first kappa shape index (κ1) is 18.0. The average Bonchev–Trinajstić information content (AvgIpc) is 2.99. The zero-order chi connectivity index (χ0) is 18.8. The number of esters is 1. The van der Waals surface area contributed by atoms with Gasteiger partial charge in [-0.3, -0.25) is 9.59 Å². The fourth-order valence-corrected chi connectivity index (χ4v) is 3.74. The maximum Gasteiger partial charge on any atom is 0.314 e. The van der Waals surface area contributed by atoms with E-state index in [1.54, 1.807) is 24.3 Å². The van der Waals surface area contributed by atoms with Crippen molar-refractivity contribution in [2.75, 3.05) is 0 Å². The van der Waals surface area contributed by atoms with Crippen molar-refractivity contribution in [3.05, 3.63) is 63.8 Å². The van der Waals surface area contributed by atoms with Gasteiger partial charge in [0.2, 0.25) is 5.78 Å². The fraction of sp³-hybridized carbons (Fsp3) is 0.273. The molecule has 4 nitrogen and oxygen atoms in total. The highest BCUT2D eigenvalue weighted by molar-refractivity contribution is 9.10. The quantitative estimate of drug-likeness (QED) is 0.366. The minimum atomic E-state index is -0.190. The second-order valence-corrected chi connectivity index (χ2v) is 7.82. The summed E-state index contributed by atoms with van der Waals surface area (Å²) in [5, 5.41) is 0. The first-order valence-corrected chi connectivity index (χ1v) is 9.95. The average molecular weight is 427 g/mol. The van der Waals surface area contributed by atoms with E-state index in [4.69, 9.17) is 9.47 Å². The van der Waals surface area contributed by atoms with E-state index in [9.17, 15) is 9.59 Å². The molecule has 0 unspecified atom stereocenters. The molecule has 2 aliphatic rings. The topological polar surface area (TPSA) is 52.6 Å². The summed E-state index contributed by atoms with van der Waals surface area (Å²) in [6.45, 7) is 0. The minimum Gasteiger partial charge on any atom is -0.452 e. The Kier molecular flexibility index (Phi) is 5.12. The maximum absolute atomic E-state index is 12.5. The Balaban J connectivity index is 1.50. The van der Waals surface area contributed by atoms with E-state index in [0.29, 0.717) is 17.1 Å². The van der Waals surface area contributed by atoms with Crippen LogP contribution in [0.1, 0.15) is 48.0 Å². The molecule has 0 amide bonds. The van der Waals surface area contributed by atoms with Crippen molar-refractivity contribution in [3.8, 4) is 11.5 Å². The molecular formula is C22H19BrO4. The van der Waals surface area contributed by atoms with Gasteiger partial charge in [0.1, 0.15) is 11.5 Å². The molecule has 0 radical (unpaired) electrons. The van der Waals surface area contributed by atoms with Gasteiger partial charge < -0.3 is 9.47 Å². The van der Waals surface area contributed by atoms with E-state index in [2.05, 4.69) is 15.9 Å². The van der Waals surface area contributed by atoms with Crippen LogP contribution in [0, 0.1) is 5.92 Å². The third kappa shape index (κ3) is 3.98. The van der Waals surface area contributed by atoms with E-state index < -0.39 is 0 Å². The summed E-state index contributed by atoms with van der Waals surface area (Å²) in [6.07, 6.45) is 6.82. The predicted octanol–water partition coefficient (Wildman–Crippen LogP) is 5.55. The minimum absolute atomic E-state index is 0.0255. The summed E-state index contributed by atoms with van der Waals surface area (Å²) in [4.78, 5) is 24.9. The van der Waals surface area contributed by atoms with Gasteiger partial charge in [-0.1, -0.05) is 47.3 Å². The molecule has 1 aliphatic carbocycles. The molecular weight excluding hydrogens is 408 g/mol. The van der Waals surface area contributed by atoms with Crippen LogP contribution >= 0.6 is 15.9 Å². The van der Waals surface area contributed by atoms with E-state index in [1.807, 2.05) is 24.3 Å². The molecule has 1 heterocycles. The summed E-state index contributed by atoms with van der Waals surface area (Å²) >= 11 is 3.39. The van der Waals surface area contributed by atoms with E-state index in [-0.39, 0.29) is 23.4 Å². The van der Waals surface area contributed by atoms with Gasteiger partial charge in [-0.2, -0.15) is 0 Å². The molecule has 1 fully saturated rings. The van der Waals surface area contributed by atoms with Crippen LogP contribution in [-0.2, 0) is 4.79 Å². The van der Waals surface area contributed by atoms with E-state index in [0.717, 1.165) is 35.7 Å². The number of ether oxygens (including phenoxy) is 2. The highest BCUT2D eigenvalue weighted by Crippen LogP contribution is 2.35. The Morgan fingerprint density at radius 2 is 1.81 bits per heavy atom. The summed E-state index contributed by atoms with van der Waals surface area (Å²) in [5.74, 6) is 0.729. The number of hydrogen-bond donors (Lipinski definition) is 0. The number of carbonyl (C=O) groups is 2. The van der Waals surface area contributed by atoms with Crippen molar-refractivity contribution in [1.29, 1.82) is 0 Å². The monoisotopic (exact) mass is 426 g/mol. The van der Waals surface area contributed by atoms with Gasteiger partial charge in [0.25, 0.3) is 0 Å². The van der Waals surface area contributed by atoms with Crippen LogP contribution in [0.2, 0.25) is 0 Å². The standard InChI is InChI=1S/C22H19BrO4/c23-16-8-6-14(7-9-16)12-20-21(24)18-11-10-17(13-19(18)27-20)26-22(25)15-4-2-1-3-5-15/h6-13,15H,1-5H2/b20-12-. The van der Waals surface area contributed by atoms with Gasteiger partial charge >= 0.3 is 5.97 Å². The molecule has 2 aromatic rings. The SMILES string of the molecule is O=C1/C(=C/c2ccc(Br)cc2)Oc2cc(OC(=O)C3CCCCC3)ccc21. The second-order valence-electron chi connectivity index (χ2n) is 6.91. The van der Waals surface area contributed by atoms with Crippen LogP contribution in [0.3, 0.4) is 0 Å². The lowest BCUT2D eigenvalue weighted by Crippen LogP contribution is -2.22. The Hall–Kier alpha value is -2.40. The number of carbonyl (C=O) groups excluding carboxylic acids is 2. The third-order valence-corrected chi connectivity index (χ3v) is 5.49. The van der Waals surface area contributed by atoms with E-state index in [1.165, 1.54) is 6.42 Å². The van der Waals surface area contributed by atoms with Crippen molar-refractivity contribution in [2.24, 2.45) is 5.92 Å². The molecule has 0 N–H and O–H groups in total. The van der Waals surface area contributed by atoms with Gasteiger partial charge in [0, 0.05) is 10.5 Å². The highest BCUT2D eigenvalue weighted by Gasteiger charge is 2.29. The summed E-state index contributed by atoms with van der Waals surface area (Å²) < 4.78 is 12.2. The second kappa shape index (κ2) is 7.69. The molecule has 27 heavy (non-hydrogen) atoms. The lowest BCUT2D eigenvalue weighted by Gasteiger charge is -2.19. The first-order valence-electron chi connectivity index (χ1n) is 9.16. The number of fused-ring (bicyclic) bond motifs is 1. The van der Waals surface area contributed by atoms with Crippen molar-refractivity contribution >= 4 is 33.8 Å². The normalized spacial score (nSPS) is 18.3. The summed E-state index contributed by atoms with van der Waals surface area (Å²) in [6, 6.07) is 12.5. The van der Waals surface area contributed by atoms with Crippen molar-refractivity contribution in [1.82, 2.24) is 0 Å². The molecule has 1 aliphatic heterocycles. The van der Waals surface area contributed by atoms with E-state index >= 15 is 0 Å². The van der Waals surface area contributed by atoms with Gasteiger partial charge in [0.15, 0.2) is 5.76 Å². The lowest BCUT2D eigenvalue weighted by atomic mass is 9.89. The predicted molar refractivity (Wildman–Crippen MR) is 106 cm³/mol. The van der Waals surface area contributed by atoms with Crippen LogP contribution in [0.4, 0.5) is 0 Å². The van der Waals surface area contributed by atoms with Gasteiger partial charge in [-0.15, -0.1) is 0 Å². The fourth-order valence-electron chi connectivity index (χ4n) is 3.48. The Morgan fingerprint density at radius 1 is 1.07 bits per heavy atom. The molecule has 0 saturated heterocycles. The number of ketones is 1. The lowest BCUT2D eigenvalue weighted by molar-refractivity contribution is -0.139. The molecule has 5 heteroatoms. The molecule has 1 saturated carbocycles. The molecule has 0 spiro atoms. The van der Waals surface area contributed by atoms with Crippen LogP contribution in [0.15, 0.2) is 52.7 Å². The zero-order valence-corrected chi connectivity index (χ0v) is 16.3. The largest absolute Gasteiger partial charge is 0.452 e. The molecule has 0 atom stereocenters. The Labute approximate surface area is 166 Å². The molecule has 0 bridgehead atoms. The number of Topliss-reactive ketones (excluding diaryl/α,β-unsaturated/α-hetero) is 1. The van der Waals surface area contributed by atoms with Crippen LogP contribution in [0.25, 0.3) is 6.08 Å². The number of rotatable bonds is 3. The van der Waals surface area contributed by atoms with Crippen LogP contribution < -0.4 is 9.47 Å². The third-order valence-electron chi connectivity index (χ3n) is 4.97. The molecule has 0 aromatic heterocycles. The smallest absolute Gasteiger partial charge is 0.314 e. The summed E-state index contributed by atoms with van der Waals surface area (Å²) in [7, 11) is 0. The van der Waals surface area contributed by atoms with Crippen LogP contribution in [-0.4, -0.2) is 11.8 Å². The maximum atomic E-state index is 12.5. The zero-order valence-electron chi connectivity index (χ0n) is 14.7. The Morgan fingerprint density at radius 3 is 2.56 bits per heavy atom. The number of hydrogen-bond acceptors (Lipinski definition) is 4. The molecule has 4 rings (SSSR count). The van der Waals surface area contributed by atoms with Crippen molar-refractivity contribution in [3.63, 3.8) is 0 Å². The summed E-state index contributed by atoms with van der Waals surface area (Å²) in [5.41, 5.74) is 1.36. The Bertz CT molecular complexity index is 908.